The average Bonchev–Trinajstić information content (AvgIpc) is 3.05. The van der Waals surface area contributed by atoms with Crippen molar-refractivity contribution in [1.29, 1.82) is 0 Å². The Bertz CT molecular complexity index is 1870. The van der Waals surface area contributed by atoms with E-state index in [9.17, 15) is 28.8 Å². The van der Waals surface area contributed by atoms with E-state index < -0.39 is 53.6 Å². The number of esters is 2. The zero-order chi connectivity index (χ0) is 35.6. The van der Waals surface area contributed by atoms with Crippen LogP contribution < -0.4 is 14.8 Å². The number of allylic oxidation sites excluding steroid dienone is 4. The van der Waals surface area contributed by atoms with Crippen LogP contribution in [0.15, 0.2) is 48.2 Å². The monoisotopic (exact) mass is 673 g/mol. The van der Waals surface area contributed by atoms with Crippen LogP contribution in [0.25, 0.3) is 5.57 Å². The number of aryl methyl sites for hydroxylation is 2. The highest BCUT2D eigenvalue weighted by Crippen LogP contribution is 2.42. The molecule has 13 nitrogen and oxygen atoms in total. The van der Waals surface area contributed by atoms with E-state index in [1.54, 1.807) is 38.1 Å². The van der Waals surface area contributed by atoms with Gasteiger partial charge in [0.15, 0.2) is 23.6 Å². The van der Waals surface area contributed by atoms with E-state index in [0.29, 0.717) is 5.56 Å². The molecule has 0 aromatic heterocycles. The second-order valence-electron chi connectivity index (χ2n) is 11.5. The second-order valence-corrected chi connectivity index (χ2v) is 11.5. The molecule has 0 saturated carbocycles. The van der Waals surface area contributed by atoms with Crippen LogP contribution in [-0.2, 0) is 28.5 Å². The van der Waals surface area contributed by atoms with Gasteiger partial charge < -0.3 is 33.7 Å². The molecular weight excluding hydrogens is 638 g/mol. The van der Waals surface area contributed by atoms with E-state index in [1.807, 2.05) is 0 Å². The van der Waals surface area contributed by atoms with E-state index in [4.69, 9.17) is 28.4 Å². The molecule has 0 unspecified atom stereocenters. The van der Waals surface area contributed by atoms with Gasteiger partial charge in [-0.2, -0.15) is 0 Å². The normalized spacial score (nSPS) is 19.8. The van der Waals surface area contributed by atoms with E-state index in [1.165, 1.54) is 46.3 Å². The summed E-state index contributed by atoms with van der Waals surface area (Å²) in [5.41, 5.74) is 1.79. The summed E-state index contributed by atoms with van der Waals surface area (Å²) in [7, 11) is 2.74. The molecule has 2 aromatic carbocycles. The summed E-state index contributed by atoms with van der Waals surface area (Å²) in [5.74, 6) is -2.70. The summed E-state index contributed by atoms with van der Waals surface area (Å²) >= 11 is 0. The molecule has 49 heavy (non-hydrogen) atoms. The third kappa shape index (κ3) is 7.08. The van der Waals surface area contributed by atoms with Crippen molar-refractivity contribution in [1.82, 2.24) is 5.32 Å². The molecule has 2 aromatic rings. The first kappa shape index (κ1) is 34.9. The van der Waals surface area contributed by atoms with Gasteiger partial charge in [0.25, 0.3) is 0 Å². The van der Waals surface area contributed by atoms with E-state index in [-0.39, 0.29) is 70.3 Å². The van der Waals surface area contributed by atoms with Gasteiger partial charge in [0.1, 0.15) is 30.3 Å². The Morgan fingerprint density at radius 3 is 2.27 bits per heavy atom. The molecule has 3 aliphatic rings. The minimum absolute atomic E-state index is 0.00522. The number of hydrogen-bond acceptors (Lipinski definition) is 13. The number of carbonyl (C=O) groups is 6. The third-order valence-electron chi connectivity index (χ3n) is 8.03. The first-order valence-corrected chi connectivity index (χ1v) is 15.4. The summed E-state index contributed by atoms with van der Waals surface area (Å²) in [6.07, 6.45) is 3.03. The molecular formula is C36H35NO12. The largest absolute Gasteiger partial charge is 0.496 e. The van der Waals surface area contributed by atoms with E-state index in [2.05, 4.69) is 5.32 Å². The van der Waals surface area contributed by atoms with Crippen molar-refractivity contribution >= 4 is 40.6 Å². The van der Waals surface area contributed by atoms with Crippen molar-refractivity contribution in [2.75, 3.05) is 34.0 Å². The van der Waals surface area contributed by atoms with E-state index in [0.717, 1.165) is 5.56 Å². The lowest BCUT2D eigenvalue weighted by atomic mass is 9.80. The predicted octanol–water partition coefficient (Wildman–Crippen LogP) is 3.43. The van der Waals surface area contributed by atoms with Gasteiger partial charge in [-0.1, -0.05) is 0 Å². The standard InChI is InChI=1S/C36H35NO12/c1-17-11-22-32(28(12-17)44-5)26(41)14-23(34(22)42)31-18(2)13-21-25(40)15-24(35(43)33(21)36(31)45-6)37-9-10-46-30-8-7-27(48-20(4)39)29(49-30)16-47-19(3)38/h7-8,11-15,27,29-30,37H,9-10,16H2,1-6H3/t27-,29+,30-/m0/s1. The van der Waals surface area contributed by atoms with Crippen molar-refractivity contribution < 1.29 is 57.2 Å². The topological polar surface area (TPSA) is 170 Å². The fourth-order valence-electron chi connectivity index (χ4n) is 5.95. The van der Waals surface area contributed by atoms with Crippen LogP contribution in [0.2, 0.25) is 0 Å². The summed E-state index contributed by atoms with van der Waals surface area (Å²) in [6, 6.07) is 4.79. The molecule has 0 spiro atoms. The lowest BCUT2D eigenvalue weighted by Gasteiger charge is -2.31. The van der Waals surface area contributed by atoms with Gasteiger partial charge in [-0.25, -0.2) is 0 Å². The highest BCUT2D eigenvalue weighted by molar-refractivity contribution is 6.40. The maximum Gasteiger partial charge on any atom is 0.303 e. The Morgan fingerprint density at radius 1 is 0.837 bits per heavy atom. The molecule has 2 aliphatic carbocycles. The molecule has 1 aliphatic heterocycles. The van der Waals surface area contributed by atoms with Gasteiger partial charge in [-0.3, -0.25) is 28.8 Å². The lowest BCUT2D eigenvalue weighted by molar-refractivity contribution is -0.196. The molecule has 5 rings (SSSR count). The van der Waals surface area contributed by atoms with Crippen LogP contribution in [0.3, 0.4) is 0 Å². The average molecular weight is 674 g/mol. The Kier molecular flexibility index (Phi) is 10.2. The number of ketones is 4. The summed E-state index contributed by atoms with van der Waals surface area (Å²) in [5, 5.41) is 2.92. The highest BCUT2D eigenvalue weighted by atomic mass is 16.7. The lowest BCUT2D eigenvalue weighted by Crippen LogP contribution is -2.42. The number of benzene rings is 2. The Hall–Kier alpha value is -5.40. The fourth-order valence-corrected chi connectivity index (χ4v) is 5.95. The maximum atomic E-state index is 13.9. The SMILES string of the molecule is COc1cc(C)cc2c1C(=O)C=C(c1c(C)cc3c(c1OC)C(=O)C(NCCO[C@@H]1C=C[C@H](OC(C)=O)[C@@H](COC(C)=O)O1)=CC3=O)C2=O. The number of rotatable bonds is 11. The van der Waals surface area contributed by atoms with Gasteiger partial charge in [0.05, 0.1) is 37.7 Å². The quantitative estimate of drug-likeness (QED) is 0.209. The summed E-state index contributed by atoms with van der Waals surface area (Å²) in [6.45, 7) is 5.86. The number of carbonyl (C=O) groups excluding carboxylic acids is 6. The number of methoxy groups -OCH3 is 2. The van der Waals surface area contributed by atoms with E-state index >= 15 is 0 Å². The van der Waals surface area contributed by atoms with Crippen LogP contribution in [0.5, 0.6) is 11.5 Å². The molecule has 0 amide bonds. The third-order valence-corrected chi connectivity index (χ3v) is 8.03. The summed E-state index contributed by atoms with van der Waals surface area (Å²) < 4.78 is 32.8. The van der Waals surface area contributed by atoms with Crippen molar-refractivity contribution in [3.05, 3.63) is 87.1 Å². The van der Waals surface area contributed by atoms with Crippen LogP contribution in [-0.4, -0.2) is 87.5 Å². The zero-order valence-electron chi connectivity index (χ0n) is 27.8. The molecule has 13 heteroatoms. The molecule has 0 radical (unpaired) electrons. The van der Waals surface area contributed by atoms with Crippen molar-refractivity contribution in [3.8, 4) is 11.5 Å². The molecule has 3 atom stereocenters. The Balaban J connectivity index is 1.34. The van der Waals surface area contributed by atoms with Crippen LogP contribution in [0.4, 0.5) is 0 Å². The van der Waals surface area contributed by atoms with Gasteiger partial charge in [-0.15, -0.1) is 0 Å². The Morgan fingerprint density at radius 2 is 1.59 bits per heavy atom. The highest BCUT2D eigenvalue weighted by Gasteiger charge is 2.37. The second kappa shape index (κ2) is 14.4. The Labute approximate surface area is 281 Å². The van der Waals surface area contributed by atoms with Crippen molar-refractivity contribution in [2.24, 2.45) is 0 Å². The van der Waals surface area contributed by atoms with Gasteiger partial charge in [-0.05, 0) is 61.4 Å². The van der Waals surface area contributed by atoms with Crippen molar-refractivity contribution in [3.63, 3.8) is 0 Å². The van der Waals surface area contributed by atoms with Crippen LogP contribution in [0, 0.1) is 13.8 Å². The van der Waals surface area contributed by atoms with Gasteiger partial charge in [0, 0.05) is 48.7 Å². The molecule has 1 heterocycles. The van der Waals surface area contributed by atoms with Crippen molar-refractivity contribution in [2.45, 2.75) is 46.2 Å². The number of hydrogen-bond donors (Lipinski definition) is 1. The molecule has 0 bridgehead atoms. The number of Topliss-reactive ketones (excluding diaryl/α,β-unsaturated/α-hetero) is 2. The number of ether oxygens (including phenoxy) is 6. The van der Waals surface area contributed by atoms with Crippen LogP contribution in [0.1, 0.15) is 72.0 Å². The molecule has 0 saturated heterocycles. The fraction of sp³-hybridized carbons (Fsp3) is 0.333. The summed E-state index contributed by atoms with van der Waals surface area (Å²) in [4.78, 5) is 77.0. The van der Waals surface area contributed by atoms with Crippen LogP contribution >= 0.6 is 0 Å². The first-order chi connectivity index (χ1) is 23.3. The first-order valence-electron chi connectivity index (χ1n) is 15.4. The smallest absolute Gasteiger partial charge is 0.303 e. The number of fused-ring (bicyclic) bond motifs is 2. The maximum absolute atomic E-state index is 13.9. The minimum Gasteiger partial charge on any atom is -0.496 e. The van der Waals surface area contributed by atoms with Gasteiger partial charge in [0.2, 0.25) is 5.78 Å². The predicted molar refractivity (Wildman–Crippen MR) is 173 cm³/mol. The van der Waals surface area contributed by atoms with Gasteiger partial charge >= 0.3 is 11.9 Å². The molecule has 256 valence electrons. The molecule has 0 fully saturated rings. The molecule has 1 N–H and O–H groups in total. The zero-order valence-corrected chi connectivity index (χ0v) is 27.8. The number of nitrogens with one attached hydrogen (secondary N) is 1. The minimum atomic E-state index is -0.879.